The molecule has 1 rings (SSSR count). The average molecular weight is 261 g/mol. The quantitative estimate of drug-likeness (QED) is 0.667. The third kappa shape index (κ3) is 5.78. The van der Waals surface area contributed by atoms with Gasteiger partial charge in [-0.15, -0.1) is 0 Å². The number of benzene rings is 1. The monoisotopic (exact) mass is 261 g/mol. The van der Waals surface area contributed by atoms with Crippen LogP contribution in [0.5, 0.6) is 0 Å². The molecule has 0 saturated heterocycles. The molecule has 1 aromatic rings. The minimum Gasteiger partial charge on any atom is -0.303 e. The van der Waals surface area contributed by atoms with Gasteiger partial charge in [-0.25, -0.2) is 0 Å². The molecule has 108 valence electrons. The van der Waals surface area contributed by atoms with E-state index in [4.69, 9.17) is 0 Å². The summed E-state index contributed by atoms with van der Waals surface area (Å²) in [4.78, 5) is 2.61. The van der Waals surface area contributed by atoms with Crippen molar-refractivity contribution >= 4 is 0 Å². The van der Waals surface area contributed by atoms with Crippen molar-refractivity contribution in [1.29, 1.82) is 0 Å². The van der Waals surface area contributed by atoms with E-state index >= 15 is 0 Å². The fourth-order valence-electron chi connectivity index (χ4n) is 2.62. The average Bonchev–Trinajstić information content (AvgIpc) is 2.37. The molecule has 1 nitrogen and oxygen atoms in total. The molecule has 1 heteroatoms. The highest BCUT2D eigenvalue weighted by Crippen LogP contribution is 2.13. The maximum absolute atomic E-state index is 2.61. The van der Waals surface area contributed by atoms with Gasteiger partial charge in [0, 0.05) is 13.1 Å². The van der Waals surface area contributed by atoms with Gasteiger partial charge in [0.2, 0.25) is 0 Å². The van der Waals surface area contributed by atoms with E-state index in [2.05, 4.69) is 57.7 Å². The van der Waals surface area contributed by atoms with Crippen LogP contribution in [0.4, 0.5) is 0 Å². The second kappa shape index (κ2) is 8.37. The molecule has 0 saturated carbocycles. The van der Waals surface area contributed by atoms with Crippen LogP contribution in [0.25, 0.3) is 0 Å². The highest BCUT2D eigenvalue weighted by Gasteiger charge is 2.08. The lowest BCUT2D eigenvalue weighted by Gasteiger charge is -2.24. The molecular formula is C18H31N. The van der Waals surface area contributed by atoms with E-state index in [9.17, 15) is 0 Å². The first-order chi connectivity index (χ1) is 9.06. The Hall–Kier alpha value is -0.820. The highest BCUT2D eigenvalue weighted by atomic mass is 15.1. The van der Waals surface area contributed by atoms with E-state index in [0.717, 1.165) is 12.3 Å². The topological polar surface area (TPSA) is 3.24 Å². The lowest BCUT2D eigenvalue weighted by molar-refractivity contribution is 0.247. The molecule has 0 aromatic heterocycles. The Labute approximate surface area is 120 Å². The number of nitrogens with zero attached hydrogens (tertiary/aromatic N) is 1. The van der Waals surface area contributed by atoms with Crippen LogP contribution in [-0.2, 0) is 12.8 Å². The van der Waals surface area contributed by atoms with Crippen molar-refractivity contribution in [2.24, 2.45) is 5.92 Å². The molecular weight excluding hydrogens is 230 g/mol. The van der Waals surface area contributed by atoms with Crippen molar-refractivity contribution in [3.05, 3.63) is 34.9 Å². The third-order valence-electron chi connectivity index (χ3n) is 3.68. The van der Waals surface area contributed by atoms with Crippen LogP contribution < -0.4 is 0 Å². The van der Waals surface area contributed by atoms with Crippen molar-refractivity contribution in [1.82, 2.24) is 4.90 Å². The van der Waals surface area contributed by atoms with Gasteiger partial charge in [0.15, 0.2) is 0 Å². The Morgan fingerprint density at radius 1 is 1.11 bits per heavy atom. The summed E-state index contributed by atoms with van der Waals surface area (Å²) in [7, 11) is 0. The first-order valence-electron chi connectivity index (χ1n) is 7.87. The Morgan fingerprint density at radius 3 is 2.42 bits per heavy atom. The summed E-state index contributed by atoms with van der Waals surface area (Å²) < 4.78 is 0. The summed E-state index contributed by atoms with van der Waals surface area (Å²) in [6, 6.07) is 6.94. The SMILES string of the molecule is CCCN(CCc1cc(CC)ccc1C)CC(C)C. The highest BCUT2D eigenvalue weighted by molar-refractivity contribution is 5.31. The second-order valence-corrected chi connectivity index (χ2v) is 6.06. The molecule has 0 aliphatic heterocycles. The zero-order valence-corrected chi connectivity index (χ0v) is 13.5. The number of hydrogen-bond donors (Lipinski definition) is 0. The summed E-state index contributed by atoms with van der Waals surface area (Å²) in [5.41, 5.74) is 4.44. The molecule has 0 atom stereocenters. The summed E-state index contributed by atoms with van der Waals surface area (Å²) in [6.07, 6.45) is 3.57. The van der Waals surface area contributed by atoms with E-state index in [1.165, 1.54) is 49.2 Å². The van der Waals surface area contributed by atoms with Crippen LogP contribution in [0.1, 0.15) is 50.8 Å². The summed E-state index contributed by atoms with van der Waals surface area (Å²) in [6.45, 7) is 15.0. The summed E-state index contributed by atoms with van der Waals surface area (Å²) in [5, 5.41) is 0. The second-order valence-electron chi connectivity index (χ2n) is 6.06. The molecule has 0 bridgehead atoms. The Bertz CT molecular complexity index is 368. The first kappa shape index (κ1) is 16.2. The predicted octanol–water partition coefficient (Wildman–Crippen LogP) is 4.47. The molecule has 0 unspecified atom stereocenters. The van der Waals surface area contributed by atoms with Crippen LogP contribution in [0.2, 0.25) is 0 Å². The molecule has 0 N–H and O–H groups in total. The van der Waals surface area contributed by atoms with Crippen LogP contribution in [-0.4, -0.2) is 24.5 Å². The van der Waals surface area contributed by atoms with Gasteiger partial charge in [-0.1, -0.05) is 45.9 Å². The minimum atomic E-state index is 0.759. The lowest BCUT2D eigenvalue weighted by atomic mass is 10.0. The zero-order chi connectivity index (χ0) is 14.3. The van der Waals surface area contributed by atoms with Gasteiger partial charge in [-0.2, -0.15) is 0 Å². The summed E-state index contributed by atoms with van der Waals surface area (Å²) >= 11 is 0. The Kier molecular flexibility index (Phi) is 7.15. The number of rotatable bonds is 8. The molecule has 0 radical (unpaired) electrons. The van der Waals surface area contributed by atoms with Crippen molar-refractivity contribution in [3.63, 3.8) is 0 Å². The first-order valence-corrected chi connectivity index (χ1v) is 7.87. The molecule has 0 heterocycles. The normalized spacial score (nSPS) is 11.5. The van der Waals surface area contributed by atoms with Crippen molar-refractivity contribution in [2.75, 3.05) is 19.6 Å². The maximum atomic E-state index is 2.61. The van der Waals surface area contributed by atoms with Gasteiger partial charge in [0.05, 0.1) is 0 Å². The van der Waals surface area contributed by atoms with E-state index in [1.54, 1.807) is 0 Å². The molecule has 1 aromatic carbocycles. The summed E-state index contributed by atoms with van der Waals surface area (Å²) in [5.74, 6) is 0.759. The van der Waals surface area contributed by atoms with Crippen LogP contribution in [0.3, 0.4) is 0 Å². The van der Waals surface area contributed by atoms with Gasteiger partial charge >= 0.3 is 0 Å². The standard InChI is InChI=1S/C18H31N/c1-6-11-19(14-15(3)4)12-10-18-13-17(7-2)9-8-16(18)5/h8-9,13,15H,6-7,10-12,14H2,1-5H3. The molecule has 0 aliphatic carbocycles. The van der Waals surface area contributed by atoms with Crippen molar-refractivity contribution < 1.29 is 0 Å². The van der Waals surface area contributed by atoms with Gasteiger partial charge in [-0.05, 0) is 55.3 Å². The predicted molar refractivity (Wildman–Crippen MR) is 85.8 cm³/mol. The maximum Gasteiger partial charge on any atom is 0.00220 e. The van der Waals surface area contributed by atoms with Crippen molar-refractivity contribution in [3.8, 4) is 0 Å². The van der Waals surface area contributed by atoms with E-state index in [-0.39, 0.29) is 0 Å². The van der Waals surface area contributed by atoms with E-state index in [1.807, 2.05) is 0 Å². The van der Waals surface area contributed by atoms with Gasteiger partial charge in [0.25, 0.3) is 0 Å². The van der Waals surface area contributed by atoms with Crippen LogP contribution in [0, 0.1) is 12.8 Å². The number of hydrogen-bond acceptors (Lipinski definition) is 1. The number of aryl methyl sites for hydroxylation is 2. The van der Waals surface area contributed by atoms with Crippen molar-refractivity contribution in [2.45, 2.75) is 53.9 Å². The Morgan fingerprint density at radius 2 is 1.84 bits per heavy atom. The fraction of sp³-hybridized carbons (Fsp3) is 0.667. The minimum absolute atomic E-state index is 0.759. The molecule has 0 aliphatic rings. The smallest absolute Gasteiger partial charge is 0.00220 e. The van der Waals surface area contributed by atoms with Crippen LogP contribution in [0.15, 0.2) is 18.2 Å². The fourth-order valence-corrected chi connectivity index (χ4v) is 2.62. The molecule has 19 heavy (non-hydrogen) atoms. The molecule has 0 amide bonds. The largest absolute Gasteiger partial charge is 0.303 e. The van der Waals surface area contributed by atoms with Gasteiger partial charge in [-0.3, -0.25) is 0 Å². The third-order valence-corrected chi connectivity index (χ3v) is 3.68. The van der Waals surface area contributed by atoms with Gasteiger partial charge < -0.3 is 4.90 Å². The van der Waals surface area contributed by atoms with E-state index in [0.29, 0.717) is 0 Å². The van der Waals surface area contributed by atoms with Crippen LogP contribution >= 0.6 is 0 Å². The van der Waals surface area contributed by atoms with Gasteiger partial charge in [0.1, 0.15) is 0 Å². The van der Waals surface area contributed by atoms with E-state index < -0.39 is 0 Å². The Balaban J connectivity index is 2.62. The molecule has 0 fully saturated rings. The molecule has 0 spiro atoms. The lowest BCUT2D eigenvalue weighted by Crippen LogP contribution is -2.30. The zero-order valence-electron chi connectivity index (χ0n) is 13.5.